The second-order valence-corrected chi connectivity index (χ2v) is 9.14. The molecule has 0 bridgehead atoms. The molecule has 8 heteroatoms. The molecule has 0 radical (unpaired) electrons. The summed E-state index contributed by atoms with van der Waals surface area (Å²) >= 11 is 6.12. The van der Waals surface area contributed by atoms with Gasteiger partial charge >= 0.3 is 0 Å². The Balaban J connectivity index is 1.78. The van der Waals surface area contributed by atoms with E-state index in [0.717, 1.165) is 18.4 Å². The average Bonchev–Trinajstić information content (AvgIpc) is 3.07. The Morgan fingerprint density at radius 1 is 1.07 bits per heavy atom. The van der Waals surface area contributed by atoms with E-state index in [1.54, 1.807) is 30.3 Å². The predicted octanol–water partition coefficient (Wildman–Crippen LogP) is 4.37. The van der Waals surface area contributed by atoms with E-state index in [9.17, 15) is 8.42 Å². The van der Waals surface area contributed by atoms with Gasteiger partial charge in [0.05, 0.1) is 10.3 Å². The Kier molecular flexibility index (Phi) is 4.82. The summed E-state index contributed by atoms with van der Waals surface area (Å²) in [6.45, 7) is 1.91. The summed E-state index contributed by atoms with van der Waals surface area (Å²) in [6, 6.07) is 8.79. The van der Waals surface area contributed by atoms with Crippen LogP contribution < -0.4 is 5.32 Å². The summed E-state index contributed by atoms with van der Waals surface area (Å²) in [5.74, 6) is 0.592. The highest BCUT2D eigenvalue weighted by molar-refractivity contribution is 7.90. The highest BCUT2D eigenvalue weighted by Gasteiger charge is 2.23. The quantitative estimate of drug-likeness (QED) is 0.653. The molecule has 4 rings (SSSR count). The van der Waals surface area contributed by atoms with Crippen LogP contribution in [0.2, 0.25) is 5.28 Å². The van der Waals surface area contributed by atoms with Crippen LogP contribution in [0.15, 0.2) is 41.4 Å². The molecule has 0 saturated heterocycles. The van der Waals surface area contributed by atoms with Gasteiger partial charge in [0.15, 0.2) is 5.65 Å². The van der Waals surface area contributed by atoms with Crippen LogP contribution in [0.3, 0.4) is 0 Å². The standard InChI is InChI=1S/C19H21ClN4O2S/c1-13-7-9-15(10-8-13)27(25,26)24-12-11-16-17(22-19(20)23-18(16)24)21-14-5-3-2-4-6-14/h7-12,14H,2-6H2,1H3,(H,21,22,23). The minimum absolute atomic E-state index is 0.0277. The first kappa shape index (κ1) is 18.3. The first-order valence-electron chi connectivity index (χ1n) is 9.08. The summed E-state index contributed by atoms with van der Waals surface area (Å²) in [7, 11) is -3.77. The average molecular weight is 405 g/mol. The van der Waals surface area contributed by atoms with Crippen LogP contribution in [0, 0.1) is 6.92 Å². The van der Waals surface area contributed by atoms with E-state index in [1.807, 2.05) is 6.92 Å². The van der Waals surface area contributed by atoms with Crippen LogP contribution in [0.1, 0.15) is 37.7 Å². The molecule has 1 saturated carbocycles. The van der Waals surface area contributed by atoms with Crippen molar-refractivity contribution in [1.82, 2.24) is 13.9 Å². The number of anilines is 1. The van der Waals surface area contributed by atoms with Crippen LogP contribution in [-0.2, 0) is 10.0 Å². The zero-order chi connectivity index (χ0) is 19.0. The maximum Gasteiger partial charge on any atom is 0.269 e. The lowest BCUT2D eigenvalue weighted by Gasteiger charge is -2.23. The summed E-state index contributed by atoms with van der Waals surface area (Å²) in [5.41, 5.74) is 1.28. The maximum absolute atomic E-state index is 13.1. The molecule has 142 valence electrons. The Morgan fingerprint density at radius 3 is 2.48 bits per heavy atom. The van der Waals surface area contributed by atoms with Crippen LogP contribution in [0.25, 0.3) is 11.0 Å². The van der Waals surface area contributed by atoms with Crippen molar-refractivity contribution in [1.29, 1.82) is 0 Å². The van der Waals surface area contributed by atoms with Crippen molar-refractivity contribution in [2.45, 2.75) is 50.0 Å². The largest absolute Gasteiger partial charge is 0.367 e. The van der Waals surface area contributed by atoms with E-state index in [0.29, 0.717) is 17.2 Å². The number of halogens is 1. The van der Waals surface area contributed by atoms with Gasteiger partial charge in [0.2, 0.25) is 5.28 Å². The number of rotatable bonds is 4. The van der Waals surface area contributed by atoms with Crippen molar-refractivity contribution >= 4 is 38.5 Å². The number of aryl methyl sites for hydroxylation is 1. The molecule has 2 heterocycles. The lowest BCUT2D eigenvalue weighted by molar-refractivity contribution is 0.462. The van der Waals surface area contributed by atoms with Crippen molar-refractivity contribution in [2.24, 2.45) is 0 Å². The summed E-state index contributed by atoms with van der Waals surface area (Å²) in [5, 5.41) is 4.11. The number of benzene rings is 1. The fourth-order valence-electron chi connectivity index (χ4n) is 3.53. The SMILES string of the molecule is Cc1ccc(S(=O)(=O)n2ccc3c(NC4CCCCC4)nc(Cl)nc32)cc1. The molecule has 1 aliphatic rings. The third kappa shape index (κ3) is 3.53. The molecule has 0 spiro atoms. The van der Waals surface area contributed by atoms with E-state index >= 15 is 0 Å². The van der Waals surface area contributed by atoms with Crippen LogP contribution >= 0.6 is 11.6 Å². The molecule has 0 unspecified atom stereocenters. The lowest BCUT2D eigenvalue weighted by Crippen LogP contribution is -2.23. The molecular weight excluding hydrogens is 384 g/mol. The Bertz CT molecular complexity index is 1070. The van der Waals surface area contributed by atoms with Gasteiger partial charge in [-0.25, -0.2) is 17.4 Å². The van der Waals surface area contributed by atoms with E-state index in [-0.39, 0.29) is 15.8 Å². The van der Waals surface area contributed by atoms with Crippen LogP contribution in [0.5, 0.6) is 0 Å². The van der Waals surface area contributed by atoms with Crippen molar-refractivity contribution in [3.05, 3.63) is 47.4 Å². The third-order valence-corrected chi connectivity index (χ3v) is 6.86. The molecule has 3 aromatic rings. The molecule has 0 aliphatic heterocycles. The Hall–Kier alpha value is -2.12. The lowest BCUT2D eigenvalue weighted by atomic mass is 9.95. The smallest absolute Gasteiger partial charge is 0.269 e. The fourth-order valence-corrected chi connectivity index (χ4v) is 4.99. The highest BCUT2D eigenvalue weighted by atomic mass is 35.5. The molecule has 1 aliphatic carbocycles. The second-order valence-electron chi connectivity index (χ2n) is 6.99. The zero-order valence-electron chi connectivity index (χ0n) is 15.0. The molecule has 27 heavy (non-hydrogen) atoms. The van der Waals surface area contributed by atoms with Gasteiger partial charge in [-0.2, -0.15) is 4.98 Å². The third-order valence-electron chi connectivity index (χ3n) is 5.01. The molecule has 1 N–H and O–H groups in total. The number of nitrogens with zero attached hydrogens (tertiary/aromatic N) is 3. The van der Waals surface area contributed by atoms with Gasteiger partial charge in [-0.05, 0) is 49.6 Å². The minimum atomic E-state index is -3.77. The predicted molar refractivity (Wildman–Crippen MR) is 107 cm³/mol. The number of hydrogen-bond donors (Lipinski definition) is 1. The summed E-state index contributed by atoms with van der Waals surface area (Å²) < 4.78 is 27.3. The van der Waals surface area contributed by atoms with Gasteiger partial charge < -0.3 is 5.32 Å². The van der Waals surface area contributed by atoms with Crippen molar-refractivity contribution in [2.75, 3.05) is 5.32 Å². The van der Waals surface area contributed by atoms with Gasteiger partial charge in [0.25, 0.3) is 10.0 Å². The first-order chi connectivity index (χ1) is 12.9. The summed E-state index contributed by atoms with van der Waals surface area (Å²) in [4.78, 5) is 8.72. The Labute approximate surface area is 163 Å². The van der Waals surface area contributed by atoms with Crippen LogP contribution in [0.4, 0.5) is 5.82 Å². The van der Waals surface area contributed by atoms with Gasteiger partial charge in [-0.15, -0.1) is 0 Å². The number of fused-ring (bicyclic) bond motifs is 1. The molecule has 2 aromatic heterocycles. The maximum atomic E-state index is 13.1. The van der Waals surface area contributed by atoms with E-state index in [2.05, 4.69) is 15.3 Å². The number of hydrogen-bond acceptors (Lipinski definition) is 5. The van der Waals surface area contributed by atoms with E-state index < -0.39 is 10.0 Å². The highest BCUT2D eigenvalue weighted by Crippen LogP contribution is 2.29. The molecule has 0 atom stereocenters. The second kappa shape index (κ2) is 7.13. The Morgan fingerprint density at radius 2 is 1.78 bits per heavy atom. The molecule has 0 amide bonds. The molecule has 6 nitrogen and oxygen atoms in total. The topological polar surface area (TPSA) is 76.9 Å². The van der Waals surface area contributed by atoms with Crippen molar-refractivity contribution in [3.8, 4) is 0 Å². The minimum Gasteiger partial charge on any atom is -0.367 e. The zero-order valence-corrected chi connectivity index (χ0v) is 16.6. The van der Waals surface area contributed by atoms with Gasteiger partial charge in [0, 0.05) is 12.2 Å². The van der Waals surface area contributed by atoms with Crippen LogP contribution in [-0.4, -0.2) is 28.4 Å². The number of aromatic nitrogens is 3. The van der Waals surface area contributed by atoms with Gasteiger partial charge in [0.1, 0.15) is 5.82 Å². The summed E-state index contributed by atoms with van der Waals surface area (Å²) in [6.07, 6.45) is 7.28. The monoisotopic (exact) mass is 404 g/mol. The molecule has 1 aromatic carbocycles. The van der Waals surface area contributed by atoms with Crippen molar-refractivity contribution in [3.63, 3.8) is 0 Å². The molecule has 1 fully saturated rings. The normalized spacial score (nSPS) is 15.9. The first-order valence-corrected chi connectivity index (χ1v) is 10.9. The van der Waals surface area contributed by atoms with E-state index in [1.165, 1.54) is 29.4 Å². The van der Waals surface area contributed by atoms with Gasteiger partial charge in [-0.3, -0.25) is 0 Å². The number of nitrogens with one attached hydrogen (secondary N) is 1. The van der Waals surface area contributed by atoms with E-state index in [4.69, 9.17) is 11.6 Å². The molecular formula is C19H21ClN4O2S. The van der Waals surface area contributed by atoms with Gasteiger partial charge in [-0.1, -0.05) is 37.0 Å². The fraction of sp³-hybridized carbons (Fsp3) is 0.368. The van der Waals surface area contributed by atoms with Crippen molar-refractivity contribution < 1.29 is 8.42 Å².